The van der Waals surface area contributed by atoms with Crippen molar-refractivity contribution in [1.29, 1.82) is 0 Å². The predicted octanol–water partition coefficient (Wildman–Crippen LogP) is 2.43. The summed E-state index contributed by atoms with van der Waals surface area (Å²) in [6.45, 7) is 0. The maximum atomic E-state index is 11.3. The molecule has 0 radical (unpaired) electrons. The fourth-order valence-electron chi connectivity index (χ4n) is 2.13. The summed E-state index contributed by atoms with van der Waals surface area (Å²) in [5.41, 5.74) is 10.6. The van der Waals surface area contributed by atoms with Gasteiger partial charge in [-0.05, 0) is 41.0 Å². The normalized spacial score (nSPS) is 13.3. The van der Waals surface area contributed by atoms with Crippen molar-refractivity contribution in [3.63, 3.8) is 0 Å². The van der Waals surface area contributed by atoms with E-state index in [0.29, 0.717) is 6.42 Å². The Bertz CT molecular complexity index is 605. The first-order valence-electron chi connectivity index (χ1n) is 5.51. The average molecular weight is 224 g/mol. The molecular weight excluding hydrogens is 212 g/mol. The molecule has 1 amide bonds. The quantitative estimate of drug-likeness (QED) is 0.731. The van der Waals surface area contributed by atoms with E-state index in [4.69, 9.17) is 5.73 Å². The van der Waals surface area contributed by atoms with Gasteiger partial charge in [-0.2, -0.15) is 0 Å². The first kappa shape index (κ1) is 9.90. The number of nitrogens with two attached hydrogens (primary N) is 1. The van der Waals surface area contributed by atoms with Crippen molar-refractivity contribution >= 4 is 17.3 Å². The molecule has 3 heteroatoms. The average Bonchev–Trinajstić information content (AvgIpc) is 2.68. The minimum atomic E-state index is 0.0599. The van der Waals surface area contributed by atoms with Crippen LogP contribution in [0.2, 0.25) is 0 Å². The lowest BCUT2D eigenvalue weighted by Gasteiger charge is -2.05. The largest absolute Gasteiger partial charge is 0.399 e. The number of hydrogen-bond acceptors (Lipinski definition) is 2. The first-order chi connectivity index (χ1) is 8.22. The second kappa shape index (κ2) is 3.63. The van der Waals surface area contributed by atoms with E-state index < -0.39 is 0 Å². The minimum Gasteiger partial charge on any atom is -0.399 e. The number of rotatable bonds is 1. The van der Waals surface area contributed by atoms with Crippen LogP contribution in [0.3, 0.4) is 0 Å². The minimum absolute atomic E-state index is 0.0599. The Hall–Kier alpha value is -2.29. The number of carbonyl (C=O) groups excluding carboxylic acids is 1. The van der Waals surface area contributed by atoms with Crippen LogP contribution < -0.4 is 11.1 Å². The van der Waals surface area contributed by atoms with Crippen LogP contribution in [0.4, 0.5) is 11.4 Å². The molecule has 0 saturated heterocycles. The highest BCUT2D eigenvalue weighted by Gasteiger charge is 2.17. The standard InChI is InChI=1S/C14H12N2O/c15-12-3-1-2-9(7-12)10-4-5-13-11(6-10)8-14(17)16-13/h1-7H,8,15H2,(H,16,17). The second-order valence-electron chi connectivity index (χ2n) is 4.22. The maximum Gasteiger partial charge on any atom is 0.228 e. The van der Waals surface area contributed by atoms with Crippen molar-refractivity contribution in [2.45, 2.75) is 6.42 Å². The lowest BCUT2D eigenvalue weighted by atomic mass is 10.0. The van der Waals surface area contributed by atoms with E-state index in [9.17, 15) is 4.79 Å². The van der Waals surface area contributed by atoms with Gasteiger partial charge in [-0.1, -0.05) is 18.2 Å². The van der Waals surface area contributed by atoms with Crippen LogP contribution in [0, 0.1) is 0 Å². The molecule has 17 heavy (non-hydrogen) atoms. The molecule has 0 unspecified atom stereocenters. The van der Waals surface area contributed by atoms with Crippen molar-refractivity contribution in [2.75, 3.05) is 11.1 Å². The highest BCUT2D eigenvalue weighted by Crippen LogP contribution is 2.29. The van der Waals surface area contributed by atoms with E-state index in [1.807, 2.05) is 42.5 Å². The Morgan fingerprint density at radius 3 is 2.71 bits per heavy atom. The highest BCUT2D eigenvalue weighted by molar-refractivity contribution is 5.99. The molecule has 3 rings (SSSR count). The third-order valence-corrected chi connectivity index (χ3v) is 2.95. The van der Waals surface area contributed by atoms with Crippen molar-refractivity contribution < 1.29 is 4.79 Å². The third-order valence-electron chi connectivity index (χ3n) is 2.95. The fraction of sp³-hybridized carbons (Fsp3) is 0.0714. The monoisotopic (exact) mass is 224 g/mol. The van der Waals surface area contributed by atoms with Gasteiger partial charge in [0.25, 0.3) is 0 Å². The fourth-order valence-corrected chi connectivity index (χ4v) is 2.13. The third kappa shape index (κ3) is 1.76. The number of benzene rings is 2. The Morgan fingerprint density at radius 1 is 1.06 bits per heavy atom. The molecule has 0 aliphatic carbocycles. The molecule has 0 fully saturated rings. The van der Waals surface area contributed by atoms with E-state index in [0.717, 1.165) is 28.1 Å². The molecule has 0 spiro atoms. The molecule has 84 valence electrons. The Balaban J connectivity index is 2.06. The van der Waals surface area contributed by atoms with Crippen LogP contribution in [0.1, 0.15) is 5.56 Å². The molecule has 2 aromatic carbocycles. The van der Waals surface area contributed by atoms with Gasteiger partial charge in [0, 0.05) is 11.4 Å². The molecule has 1 heterocycles. The number of carbonyl (C=O) groups is 1. The number of nitrogen functional groups attached to an aromatic ring is 1. The summed E-state index contributed by atoms with van der Waals surface area (Å²) in [4.78, 5) is 11.3. The summed E-state index contributed by atoms with van der Waals surface area (Å²) in [5, 5.41) is 2.82. The molecule has 0 atom stereocenters. The number of hydrogen-bond donors (Lipinski definition) is 2. The summed E-state index contributed by atoms with van der Waals surface area (Å²) in [7, 11) is 0. The van der Waals surface area contributed by atoms with Crippen molar-refractivity contribution in [1.82, 2.24) is 0 Å². The van der Waals surface area contributed by atoms with Gasteiger partial charge in [0.15, 0.2) is 0 Å². The summed E-state index contributed by atoms with van der Waals surface area (Å²) in [6, 6.07) is 13.7. The summed E-state index contributed by atoms with van der Waals surface area (Å²) in [5.74, 6) is 0.0599. The molecule has 1 aliphatic heterocycles. The van der Waals surface area contributed by atoms with Gasteiger partial charge < -0.3 is 11.1 Å². The molecule has 0 bridgehead atoms. The molecule has 0 aromatic heterocycles. The molecule has 2 aromatic rings. The highest BCUT2D eigenvalue weighted by atomic mass is 16.1. The van der Waals surface area contributed by atoms with Gasteiger partial charge in [-0.3, -0.25) is 4.79 Å². The van der Waals surface area contributed by atoms with Gasteiger partial charge in [-0.25, -0.2) is 0 Å². The summed E-state index contributed by atoms with van der Waals surface area (Å²) >= 11 is 0. The van der Waals surface area contributed by atoms with Crippen LogP contribution in [0.25, 0.3) is 11.1 Å². The van der Waals surface area contributed by atoms with E-state index in [1.54, 1.807) is 0 Å². The van der Waals surface area contributed by atoms with E-state index in [2.05, 4.69) is 5.32 Å². The predicted molar refractivity (Wildman–Crippen MR) is 68.6 cm³/mol. The molecular formula is C14H12N2O. The Morgan fingerprint density at radius 2 is 1.88 bits per heavy atom. The molecule has 3 N–H and O–H groups in total. The number of nitrogens with one attached hydrogen (secondary N) is 1. The molecule has 1 aliphatic rings. The van der Waals surface area contributed by atoms with E-state index in [1.165, 1.54) is 0 Å². The smallest absolute Gasteiger partial charge is 0.228 e. The van der Waals surface area contributed by atoms with Gasteiger partial charge in [0.1, 0.15) is 0 Å². The maximum absolute atomic E-state index is 11.3. The molecule has 0 saturated carbocycles. The Labute approximate surface area is 99.3 Å². The van der Waals surface area contributed by atoms with Crippen molar-refractivity contribution in [3.8, 4) is 11.1 Å². The van der Waals surface area contributed by atoms with E-state index in [-0.39, 0.29) is 5.91 Å². The Kier molecular flexibility index (Phi) is 2.11. The van der Waals surface area contributed by atoms with Gasteiger partial charge in [0.2, 0.25) is 5.91 Å². The lowest BCUT2D eigenvalue weighted by Crippen LogP contribution is -2.03. The topological polar surface area (TPSA) is 55.1 Å². The van der Waals surface area contributed by atoms with Crippen LogP contribution in [-0.4, -0.2) is 5.91 Å². The lowest BCUT2D eigenvalue weighted by molar-refractivity contribution is -0.115. The second-order valence-corrected chi connectivity index (χ2v) is 4.22. The van der Waals surface area contributed by atoms with Gasteiger partial charge in [-0.15, -0.1) is 0 Å². The zero-order valence-corrected chi connectivity index (χ0v) is 9.23. The zero-order valence-electron chi connectivity index (χ0n) is 9.23. The van der Waals surface area contributed by atoms with Crippen LogP contribution in [-0.2, 0) is 11.2 Å². The number of fused-ring (bicyclic) bond motifs is 1. The van der Waals surface area contributed by atoms with Crippen LogP contribution >= 0.6 is 0 Å². The van der Waals surface area contributed by atoms with E-state index >= 15 is 0 Å². The number of anilines is 2. The first-order valence-corrected chi connectivity index (χ1v) is 5.51. The van der Waals surface area contributed by atoms with Gasteiger partial charge >= 0.3 is 0 Å². The SMILES string of the molecule is Nc1cccc(-c2ccc3c(c2)CC(=O)N3)c1. The summed E-state index contributed by atoms with van der Waals surface area (Å²) < 4.78 is 0. The summed E-state index contributed by atoms with van der Waals surface area (Å²) in [6.07, 6.45) is 0.464. The molecule has 3 nitrogen and oxygen atoms in total. The number of amides is 1. The van der Waals surface area contributed by atoms with Crippen molar-refractivity contribution in [3.05, 3.63) is 48.0 Å². The van der Waals surface area contributed by atoms with Crippen LogP contribution in [0.15, 0.2) is 42.5 Å². The zero-order chi connectivity index (χ0) is 11.8. The van der Waals surface area contributed by atoms with Crippen molar-refractivity contribution in [2.24, 2.45) is 0 Å². The van der Waals surface area contributed by atoms with Gasteiger partial charge in [0.05, 0.1) is 6.42 Å². The van der Waals surface area contributed by atoms with Crippen LogP contribution in [0.5, 0.6) is 0 Å².